The summed E-state index contributed by atoms with van der Waals surface area (Å²) in [5, 5.41) is 0. The van der Waals surface area contributed by atoms with Gasteiger partial charge >= 0.3 is 0 Å². The molecular formula is C11H9NO2. The van der Waals surface area contributed by atoms with Crippen molar-refractivity contribution in [3.63, 3.8) is 0 Å². The number of aldehydes is 1. The second-order valence-electron chi connectivity index (χ2n) is 3.00. The molecule has 1 aromatic heterocycles. The van der Waals surface area contributed by atoms with Crippen LogP contribution in [0.15, 0.2) is 34.9 Å². The molecule has 0 fully saturated rings. The minimum Gasteiger partial charge on any atom is -0.442 e. The number of carbonyl (C=O) groups excluding carboxylic acids is 1. The van der Waals surface area contributed by atoms with E-state index >= 15 is 0 Å². The van der Waals surface area contributed by atoms with Gasteiger partial charge in [-0.1, -0.05) is 24.3 Å². The van der Waals surface area contributed by atoms with Gasteiger partial charge in [0.1, 0.15) is 12.0 Å². The van der Waals surface area contributed by atoms with Crippen molar-refractivity contribution in [2.45, 2.75) is 6.92 Å². The van der Waals surface area contributed by atoms with E-state index in [0.29, 0.717) is 12.0 Å². The van der Waals surface area contributed by atoms with E-state index in [1.807, 2.05) is 31.2 Å². The predicted molar refractivity (Wildman–Crippen MR) is 52.1 cm³/mol. The Morgan fingerprint density at radius 2 is 2.14 bits per heavy atom. The average molecular weight is 187 g/mol. The molecule has 0 saturated heterocycles. The lowest BCUT2D eigenvalue weighted by atomic mass is 10.1. The SMILES string of the molecule is Cc1ccccc1-c1coc(C=O)n1. The van der Waals surface area contributed by atoms with Crippen LogP contribution in [-0.2, 0) is 0 Å². The van der Waals surface area contributed by atoms with Gasteiger partial charge < -0.3 is 4.42 Å². The fourth-order valence-electron chi connectivity index (χ4n) is 1.33. The Labute approximate surface area is 81.4 Å². The minimum atomic E-state index is 0.114. The number of oxazole rings is 1. The highest BCUT2D eigenvalue weighted by Gasteiger charge is 2.06. The van der Waals surface area contributed by atoms with Gasteiger partial charge in [-0.3, -0.25) is 4.79 Å². The Kier molecular flexibility index (Phi) is 2.14. The molecule has 14 heavy (non-hydrogen) atoms. The first-order chi connectivity index (χ1) is 6.81. The van der Waals surface area contributed by atoms with Crippen LogP contribution in [0, 0.1) is 6.92 Å². The van der Waals surface area contributed by atoms with Crippen LogP contribution < -0.4 is 0 Å². The number of hydrogen-bond donors (Lipinski definition) is 0. The van der Waals surface area contributed by atoms with E-state index in [0.717, 1.165) is 11.1 Å². The molecule has 2 aromatic rings. The summed E-state index contributed by atoms with van der Waals surface area (Å²) in [4.78, 5) is 14.4. The Hall–Kier alpha value is -1.90. The first kappa shape index (κ1) is 8.69. The molecule has 2 rings (SSSR count). The average Bonchev–Trinajstić information content (AvgIpc) is 2.67. The van der Waals surface area contributed by atoms with Gasteiger partial charge in [-0.25, -0.2) is 4.98 Å². The molecule has 0 unspecified atom stereocenters. The van der Waals surface area contributed by atoms with E-state index in [1.165, 1.54) is 6.26 Å². The second-order valence-corrected chi connectivity index (χ2v) is 3.00. The number of benzene rings is 1. The lowest BCUT2D eigenvalue weighted by Gasteiger charge is -1.99. The highest BCUT2D eigenvalue weighted by atomic mass is 16.3. The molecular weight excluding hydrogens is 178 g/mol. The van der Waals surface area contributed by atoms with Gasteiger partial charge in [-0.05, 0) is 12.5 Å². The molecule has 1 aromatic carbocycles. The van der Waals surface area contributed by atoms with Gasteiger partial charge in [0.25, 0.3) is 5.89 Å². The van der Waals surface area contributed by atoms with Crippen molar-refractivity contribution >= 4 is 6.29 Å². The maximum atomic E-state index is 10.4. The highest BCUT2D eigenvalue weighted by molar-refractivity contribution is 5.71. The number of aryl methyl sites for hydroxylation is 1. The van der Waals surface area contributed by atoms with E-state index < -0.39 is 0 Å². The summed E-state index contributed by atoms with van der Waals surface area (Å²) in [5.74, 6) is 0.114. The van der Waals surface area contributed by atoms with Gasteiger partial charge in [0.15, 0.2) is 0 Å². The molecule has 0 bridgehead atoms. The Bertz CT molecular complexity index is 460. The molecule has 0 aliphatic carbocycles. The van der Waals surface area contributed by atoms with Gasteiger partial charge in [0.2, 0.25) is 6.29 Å². The molecule has 3 nitrogen and oxygen atoms in total. The Morgan fingerprint density at radius 3 is 2.79 bits per heavy atom. The summed E-state index contributed by atoms with van der Waals surface area (Å²) in [5.41, 5.74) is 2.80. The van der Waals surface area contributed by atoms with Crippen molar-refractivity contribution < 1.29 is 9.21 Å². The monoisotopic (exact) mass is 187 g/mol. The number of carbonyl (C=O) groups is 1. The summed E-state index contributed by atoms with van der Waals surface area (Å²) in [6, 6.07) is 7.82. The molecule has 0 atom stereocenters. The quantitative estimate of drug-likeness (QED) is 0.678. The molecule has 0 aliphatic heterocycles. The summed E-state index contributed by atoms with van der Waals surface area (Å²) < 4.78 is 4.94. The molecule has 1 heterocycles. The first-order valence-corrected chi connectivity index (χ1v) is 4.28. The molecule has 70 valence electrons. The van der Waals surface area contributed by atoms with Crippen LogP contribution in [-0.4, -0.2) is 11.3 Å². The third kappa shape index (κ3) is 1.44. The van der Waals surface area contributed by atoms with Crippen molar-refractivity contribution in [2.24, 2.45) is 0 Å². The Balaban J connectivity index is 2.49. The lowest BCUT2D eigenvalue weighted by Crippen LogP contribution is -1.83. The van der Waals surface area contributed by atoms with Crippen molar-refractivity contribution in [1.82, 2.24) is 4.98 Å². The zero-order valence-corrected chi connectivity index (χ0v) is 7.73. The van der Waals surface area contributed by atoms with E-state index in [2.05, 4.69) is 4.98 Å². The van der Waals surface area contributed by atoms with E-state index in [9.17, 15) is 4.79 Å². The van der Waals surface area contributed by atoms with Crippen LogP contribution >= 0.6 is 0 Å². The molecule has 0 aliphatic rings. The maximum Gasteiger partial charge on any atom is 0.260 e. The summed E-state index contributed by atoms with van der Waals surface area (Å²) >= 11 is 0. The molecule has 0 amide bonds. The smallest absolute Gasteiger partial charge is 0.260 e. The van der Waals surface area contributed by atoms with E-state index in [4.69, 9.17) is 4.42 Å². The third-order valence-electron chi connectivity index (χ3n) is 2.04. The van der Waals surface area contributed by atoms with E-state index in [1.54, 1.807) is 0 Å². The predicted octanol–water partition coefficient (Wildman–Crippen LogP) is 2.46. The zero-order valence-electron chi connectivity index (χ0n) is 7.73. The van der Waals surface area contributed by atoms with Crippen LogP contribution in [0.2, 0.25) is 0 Å². The summed E-state index contributed by atoms with van der Waals surface area (Å²) in [6.45, 7) is 1.99. The van der Waals surface area contributed by atoms with Gasteiger partial charge in [0, 0.05) is 5.56 Å². The van der Waals surface area contributed by atoms with Crippen LogP contribution in [0.4, 0.5) is 0 Å². The molecule has 0 saturated carbocycles. The fraction of sp³-hybridized carbons (Fsp3) is 0.0909. The lowest BCUT2D eigenvalue weighted by molar-refractivity contribution is 0.109. The van der Waals surface area contributed by atoms with Crippen LogP contribution in [0.1, 0.15) is 16.2 Å². The fourth-order valence-corrected chi connectivity index (χ4v) is 1.33. The van der Waals surface area contributed by atoms with Gasteiger partial charge in [-0.15, -0.1) is 0 Å². The van der Waals surface area contributed by atoms with Crippen molar-refractivity contribution in [1.29, 1.82) is 0 Å². The molecule has 3 heteroatoms. The molecule has 0 spiro atoms. The van der Waals surface area contributed by atoms with Crippen molar-refractivity contribution in [2.75, 3.05) is 0 Å². The largest absolute Gasteiger partial charge is 0.442 e. The van der Waals surface area contributed by atoms with E-state index in [-0.39, 0.29) is 5.89 Å². The van der Waals surface area contributed by atoms with Crippen LogP contribution in [0.3, 0.4) is 0 Å². The van der Waals surface area contributed by atoms with Gasteiger partial charge in [-0.2, -0.15) is 0 Å². The number of hydrogen-bond acceptors (Lipinski definition) is 3. The summed E-state index contributed by atoms with van der Waals surface area (Å²) in [6.07, 6.45) is 2.09. The minimum absolute atomic E-state index is 0.114. The standard InChI is InChI=1S/C11H9NO2/c1-8-4-2-3-5-9(8)10-7-14-11(6-13)12-10/h2-7H,1H3. The van der Waals surface area contributed by atoms with Crippen LogP contribution in [0.25, 0.3) is 11.3 Å². The maximum absolute atomic E-state index is 10.4. The topological polar surface area (TPSA) is 43.1 Å². The third-order valence-corrected chi connectivity index (χ3v) is 2.04. The first-order valence-electron chi connectivity index (χ1n) is 4.28. The van der Waals surface area contributed by atoms with Crippen LogP contribution in [0.5, 0.6) is 0 Å². The van der Waals surface area contributed by atoms with Crippen molar-refractivity contribution in [3.05, 3.63) is 42.0 Å². The van der Waals surface area contributed by atoms with Gasteiger partial charge in [0.05, 0.1) is 0 Å². The Morgan fingerprint density at radius 1 is 1.36 bits per heavy atom. The number of rotatable bonds is 2. The van der Waals surface area contributed by atoms with Crippen molar-refractivity contribution in [3.8, 4) is 11.3 Å². The summed E-state index contributed by atoms with van der Waals surface area (Å²) in [7, 11) is 0. The normalized spacial score (nSPS) is 10.1. The highest BCUT2D eigenvalue weighted by Crippen LogP contribution is 2.21. The molecule has 0 radical (unpaired) electrons. The zero-order chi connectivity index (χ0) is 9.97. The second kappa shape index (κ2) is 3.46. The number of aromatic nitrogens is 1. The molecule has 0 N–H and O–H groups in total. The number of nitrogens with zero attached hydrogens (tertiary/aromatic N) is 1.